The number of benzene rings is 1. The van der Waals surface area contributed by atoms with Gasteiger partial charge in [-0.1, -0.05) is 12.8 Å². The second-order valence-corrected chi connectivity index (χ2v) is 8.10. The van der Waals surface area contributed by atoms with E-state index in [0.717, 1.165) is 29.3 Å². The molecule has 0 saturated carbocycles. The molecule has 1 aliphatic rings. The molecule has 1 saturated heterocycles. The van der Waals surface area contributed by atoms with Crippen LogP contribution in [0.3, 0.4) is 0 Å². The van der Waals surface area contributed by atoms with Gasteiger partial charge in [0, 0.05) is 22.3 Å². The third-order valence-electron chi connectivity index (χ3n) is 4.41. The van der Waals surface area contributed by atoms with Crippen molar-refractivity contribution in [2.45, 2.75) is 44.1 Å². The number of ether oxygens (including phenoxy) is 1. The van der Waals surface area contributed by atoms with Gasteiger partial charge in [-0.2, -0.15) is 41.3 Å². The normalized spacial score (nSPS) is 15.7. The Kier molecular flexibility index (Phi) is 7.31. The summed E-state index contributed by atoms with van der Waals surface area (Å²) in [7, 11) is 0. The topological polar surface area (TPSA) is 63.2 Å². The van der Waals surface area contributed by atoms with Crippen molar-refractivity contribution in [2.24, 2.45) is 0 Å². The minimum Gasteiger partial charge on any atom is -0.440 e. The van der Waals surface area contributed by atoms with Crippen LogP contribution in [-0.2, 0) is 0 Å². The van der Waals surface area contributed by atoms with Crippen molar-refractivity contribution in [1.82, 2.24) is 15.0 Å². The quantitative estimate of drug-likeness (QED) is 0.386. The average molecular weight is 561 g/mol. The zero-order valence-electron chi connectivity index (χ0n) is 16.0. The van der Waals surface area contributed by atoms with Crippen molar-refractivity contribution >= 4 is 40.2 Å². The van der Waals surface area contributed by atoms with Crippen LogP contribution in [-0.4, -0.2) is 46.5 Å². The molecule has 1 aliphatic heterocycles. The van der Waals surface area contributed by atoms with E-state index in [9.17, 15) is 26.3 Å². The highest BCUT2D eigenvalue weighted by molar-refractivity contribution is 14.1. The van der Waals surface area contributed by atoms with E-state index in [1.165, 1.54) is 0 Å². The fourth-order valence-electron chi connectivity index (χ4n) is 2.95. The van der Waals surface area contributed by atoms with E-state index in [4.69, 9.17) is 0 Å². The molecule has 1 aromatic heterocycles. The minimum absolute atomic E-state index is 0.0389. The minimum atomic E-state index is -5.68. The second-order valence-electron chi connectivity index (χ2n) is 6.86. The molecule has 0 unspecified atom stereocenters. The number of hydrogen-bond acceptors (Lipinski definition) is 6. The van der Waals surface area contributed by atoms with Gasteiger partial charge in [0.1, 0.15) is 0 Å². The number of nitrogens with zero attached hydrogens (tertiary/aromatic N) is 4. The molecular weight excluding hydrogens is 543 g/mol. The maximum absolute atomic E-state index is 13.0. The summed E-state index contributed by atoms with van der Waals surface area (Å²) >= 11 is 2.09. The van der Waals surface area contributed by atoms with Gasteiger partial charge in [-0.3, -0.25) is 0 Å². The molecule has 13 heteroatoms. The largest absolute Gasteiger partial charge is 0.440 e. The van der Waals surface area contributed by atoms with E-state index in [1.54, 1.807) is 29.2 Å². The highest BCUT2D eigenvalue weighted by atomic mass is 127. The smallest absolute Gasteiger partial charge is 0.434 e. The maximum Gasteiger partial charge on any atom is 0.434 e. The molecule has 0 atom stereocenters. The lowest BCUT2D eigenvalue weighted by Crippen LogP contribution is -2.47. The summed E-state index contributed by atoms with van der Waals surface area (Å²) in [6.45, 7) is 1.04. The maximum atomic E-state index is 13.0. The summed E-state index contributed by atoms with van der Waals surface area (Å²) in [6.07, 6.45) is -11.9. The van der Waals surface area contributed by atoms with Gasteiger partial charge in [0.2, 0.25) is 11.9 Å². The first-order valence-electron chi connectivity index (χ1n) is 9.36. The molecule has 1 N–H and O–H groups in total. The molecule has 31 heavy (non-hydrogen) atoms. The molecule has 0 radical (unpaired) electrons. The molecule has 0 aliphatic carbocycles. The zero-order valence-corrected chi connectivity index (χ0v) is 18.1. The molecule has 0 bridgehead atoms. The Morgan fingerprint density at radius 2 is 1.45 bits per heavy atom. The molecule has 1 aromatic carbocycles. The lowest BCUT2D eigenvalue weighted by Gasteiger charge is -2.24. The van der Waals surface area contributed by atoms with Crippen molar-refractivity contribution in [3.05, 3.63) is 27.8 Å². The fourth-order valence-corrected chi connectivity index (χ4v) is 3.31. The SMILES string of the molecule is FC(F)(F)C(Oc1nc(Nc2ccc(I)cc2)nc(N2CCCCCC2)n1)C(F)(F)F. The van der Waals surface area contributed by atoms with Crippen LogP contribution in [0.4, 0.5) is 43.9 Å². The average Bonchev–Trinajstić information content (AvgIpc) is 2.96. The van der Waals surface area contributed by atoms with Crippen LogP contribution in [0.1, 0.15) is 25.7 Å². The number of alkyl halides is 6. The van der Waals surface area contributed by atoms with E-state index in [-0.39, 0.29) is 11.9 Å². The predicted octanol–water partition coefficient (Wildman–Crippen LogP) is 5.47. The predicted molar refractivity (Wildman–Crippen MR) is 109 cm³/mol. The number of aromatic nitrogens is 3. The Bertz CT molecular complexity index is 855. The van der Waals surface area contributed by atoms with Crippen LogP contribution in [0.25, 0.3) is 0 Å². The molecule has 6 nitrogen and oxygen atoms in total. The molecule has 1 fully saturated rings. The molecule has 0 amide bonds. The van der Waals surface area contributed by atoms with Gasteiger partial charge < -0.3 is 15.0 Å². The van der Waals surface area contributed by atoms with Crippen molar-refractivity contribution < 1.29 is 31.1 Å². The Labute approximate surface area is 187 Å². The van der Waals surface area contributed by atoms with Crippen molar-refractivity contribution in [2.75, 3.05) is 23.3 Å². The monoisotopic (exact) mass is 561 g/mol. The Morgan fingerprint density at radius 3 is 2.00 bits per heavy atom. The highest BCUT2D eigenvalue weighted by Crippen LogP contribution is 2.36. The Balaban J connectivity index is 1.96. The molecule has 2 aromatic rings. The first kappa shape index (κ1) is 23.6. The van der Waals surface area contributed by atoms with Gasteiger partial charge >= 0.3 is 18.4 Å². The Hall–Kier alpha value is -2.06. The first-order chi connectivity index (χ1) is 14.5. The summed E-state index contributed by atoms with van der Waals surface area (Å²) in [4.78, 5) is 13.3. The zero-order chi connectivity index (χ0) is 22.6. The van der Waals surface area contributed by atoms with E-state index >= 15 is 0 Å². The van der Waals surface area contributed by atoms with Crippen LogP contribution < -0.4 is 15.0 Å². The lowest BCUT2D eigenvalue weighted by molar-refractivity contribution is -0.301. The summed E-state index contributed by atoms with van der Waals surface area (Å²) in [5.41, 5.74) is 0.502. The molecule has 3 rings (SSSR count). The van der Waals surface area contributed by atoms with Crippen molar-refractivity contribution in [3.63, 3.8) is 0 Å². The summed E-state index contributed by atoms with van der Waals surface area (Å²) in [6, 6.07) is 5.82. The van der Waals surface area contributed by atoms with E-state index < -0.39 is 24.5 Å². The number of nitrogens with one attached hydrogen (secondary N) is 1. The third kappa shape index (κ3) is 6.71. The van der Waals surface area contributed by atoms with Gasteiger partial charge in [-0.05, 0) is 59.7 Å². The molecular formula is C18H18F6IN5O. The molecule has 0 spiro atoms. The fraction of sp³-hybridized carbons (Fsp3) is 0.500. The van der Waals surface area contributed by atoms with Crippen molar-refractivity contribution in [1.29, 1.82) is 0 Å². The standard InChI is InChI=1S/C18H18F6IN5O/c19-17(20,21)13(18(22,23)24)31-16-28-14(26-12-7-5-11(25)6-8-12)27-15(29-16)30-9-3-1-2-4-10-30/h5-8,13H,1-4,9-10H2,(H,26,27,28,29). The van der Waals surface area contributed by atoms with E-state index in [1.807, 2.05) is 0 Å². The summed E-state index contributed by atoms with van der Waals surface area (Å²) in [5.74, 6) is -0.253. The number of anilines is 3. The van der Waals surface area contributed by atoms with Gasteiger partial charge in [0.25, 0.3) is 6.10 Å². The second kappa shape index (κ2) is 9.61. The van der Waals surface area contributed by atoms with E-state index in [2.05, 4.69) is 47.6 Å². The third-order valence-corrected chi connectivity index (χ3v) is 5.13. The van der Waals surface area contributed by atoms with E-state index in [0.29, 0.717) is 18.8 Å². The van der Waals surface area contributed by atoms with Crippen LogP contribution in [0.5, 0.6) is 6.01 Å². The Morgan fingerprint density at radius 1 is 0.871 bits per heavy atom. The highest BCUT2D eigenvalue weighted by Gasteiger charge is 2.59. The van der Waals surface area contributed by atoms with Crippen LogP contribution >= 0.6 is 22.6 Å². The lowest BCUT2D eigenvalue weighted by atomic mass is 10.2. The van der Waals surface area contributed by atoms with Gasteiger partial charge in [-0.25, -0.2) is 0 Å². The van der Waals surface area contributed by atoms with Gasteiger partial charge in [0.15, 0.2) is 0 Å². The van der Waals surface area contributed by atoms with Gasteiger partial charge in [-0.15, -0.1) is 0 Å². The van der Waals surface area contributed by atoms with Crippen LogP contribution in [0, 0.1) is 3.57 Å². The van der Waals surface area contributed by atoms with Gasteiger partial charge in [0.05, 0.1) is 0 Å². The summed E-state index contributed by atoms with van der Waals surface area (Å²) in [5, 5.41) is 2.78. The number of rotatable bonds is 5. The van der Waals surface area contributed by atoms with Crippen molar-refractivity contribution in [3.8, 4) is 6.01 Å². The van der Waals surface area contributed by atoms with Crippen LogP contribution in [0.15, 0.2) is 24.3 Å². The first-order valence-corrected chi connectivity index (χ1v) is 10.4. The summed E-state index contributed by atoms with van der Waals surface area (Å²) < 4.78 is 82.9. The molecule has 2 heterocycles. The number of hydrogen-bond donors (Lipinski definition) is 1. The molecule has 170 valence electrons. The van der Waals surface area contributed by atoms with Crippen LogP contribution in [0.2, 0.25) is 0 Å². The number of halogens is 7.